The Bertz CT molecular complexity index is 2160. The zero-order valence-electron chi connectivity index (χ0n) is 37.1. The second-order valence-corrected chi connectivity index (χ2v) is 21.1. The van der Waals surface area contributed by atoms with Gasteiger partial charge in [-0.05, 0) is 86.8 Å². The number of nitrogens with zero attached hydrogens (tertiary/aromatic N) is 1. The van der Waals surface area contributed by atoms with Crippen LogP contribution in [0.3, 0.4) is 0 Å². The lowest BCUT2D eigenvalue weighted by Crippen LogP contribution is -2.53. The second-order valence-electron chi connectivity index (χ2n) is 19.0. The molecule has 2 aliphatic rings. The van der Waals surface area contributed by atoms with Crippen molar-refractivity contribution in [3.8, 4) is 0 Å². The molecule has 4 N–H and O–H groups in total. The molecule has 2 aromatic carbocycles. The van der Waals surface area contributed by atoms with E-state index in [-0.39, 0.29) is 73.3 Å². The summed E-state index contributed by atoms with van der Waals surface area (Å²) in [6.07, 6.45) is 1.56. The molecule has 3 amide bonds. The summed E-state index contributed by atoms with van der Waals surface area (Å²) in [6, 6.07) is 11.6. The Balaban J connectivity index is 1.32. The summed E-state index contributed by atoms with van der Waals surface area (Å²) in [6.45, 7) is 15.8. The lowest BCUT2D eigenvalue weighted by atomic mass is 9.87. The van der Waals surface area contributed by atoms with Crippen molar-refractivity contribution in [3.05, 3.63) is 64.8 Å². The van der Waals surface area contributed by atoms with Crippen LogP contribution >= 0.6 is 7.60 Å². The number of amides is 3. The molecule has 14 nitrogen and oxygen atoms in total. The van der Waals surface area contributed by atoms with Gasteiger partial charge in [0.25, 0.3) is 0 Å². The van der Waals surface area contributed by atoms with Crippen LogP contribution in [0.15, 0.2) is 42.5 Å². The Hall–Kier alpha value is -4.65. The van der Waals surface area contributed by atoms with E-state index in [0.29, 0.717) is 47.8 Å². The van der Waals surface area contributed by atoms with E-state index >= 15 is 0 Å². The van der Waals surface area contributed by atoms with Crippen LogP contribution in [0.25, 0.3) is 10.9 Å². The monoisotopic (exact) mass is 862 g/mol. The Kier molecular flexibility index (Phi) is 14.9. The molecule has 5 atom stereocenters. The van der Waals surface area contributed by atoms with Gasteiger partial charge in [-0.15, -0.1) is 0 Å². The van der Waals surface area contributed by atoms with E-state index in [1.165, 1.54) is 0 Å². The van der Waals surface area contributed by atoms with Crippen molar-refractivity contribution in [3.63, 3.8) is 0 Å². The molecule has 3 aromatic rings. The number of primary amides is 1. The first-order chi connectivity index (χ1) is 28.5. The van der Waals surface area contributed by atoms with Gasteiger partial charge in [0.2, 0.25) is 24.5 Å². The fraction of sp³-hybridized carbons (Fsp3) is 0.565. The first-order valence-corrected chi connectivity index (χ1v) is 23.0. The van der Waals surface area contributed by atoms with Crippen molar-refractivity contribution in [2.24, 2.45) is 34.3 Å². The van der Waals surface area contributed by atoms with Crippen LogP contribution in [-0.4, -0.2) is 65.7 Å². The molecule has 15 heteroatoms. The Morgan fingerprint density at radius 2 is 1.66 bits per heavy atom. The third-order valence-corrected chi connectivity index (χ3v) is 13.7. The number of Topliss-reactive ketones (excluding diaryl/α,β-unsaturated/α-hetero) is 2. The maximum absolute atomic E-state index is 14.5. The summed E-state index contributed by atoms with van der Waals surface area (Å²) >= 11 is 0. The molecule has 3 heterocycles. The quantitative estimate of drug-likeness (QED) is 0.0466. The summed E-state index contributed by atoms with van der Waals surface area (Å²) < 4.78 is 30.6. The van der Waals surface area contributed by atoms with E-state index in [1.54, 1.807) is 70.7 Å². The molecule has 0 saturated heterocycles. The molecular formula is C46H63N4O10P. The number of aryl methyl sites for hydroxylation is 1. The summed E-state index contributed by atoms with van der Waals surface area (Å²) in [5.41, 5.74) is 8.14. The van der Waals surface area contributed by atoms with Gasteiger partial charge in [-0.1, -0.05) is 65.8 Å². The smallest absolute Gasteiger partial charge is 0.337 e. The summed E-state index contributed by atoms with van der Waals surface area (Å²) in [7, 11) is -3.95. The minimum Gasteiger partial charge on any atom is -0.438 e. The number of H-pyrrole nitrogens is 1. The van der Waals surface area contributed by atoms with Crippen molar-refractivity contribution in [2.75, 3.05) is 18.3 Å². The number of aromatic amines is 1. The molecule has 0 aliphatic carbocycles. The average Bonchev–Trinajstić information content (AvgIpc) is 3.75. The first-order valence-electron chi connectivity index (χ1n) is 21.2. The number of hydrogen-bond acceptors (Lipinski definition) is 10. The van der Waals surface area contributed by atoms with Gasteiger partial charge in [0.1, 0.15) is 11.8 Å². The summed E-state index contributed by atoms with van der Waals surface area (Å²) in [5.74, 6) is -2.35. The van der Waals surface area contributed by atoms with Crippen molar-refractivity contribution in [2.45, 2.75) is 126 Å². The molecule has 0 spiro atoms. The highest BCUT2D eigenvalue weighted by Crippen LogP contribution is 2.52. The van der Waals surface area contributed by atoms with E-state index in [2.05, 4.69) is 24.1 Å². The molecule has 61 heavy (non-hydrogen) atoms. The Morgan fingerprint density at radius 3 is 2.31 bits per heavy atom. The highest BCUT2D eigenvalue weighted by molar-refractivity contribution is 7.53. The molecule has 0 radical (unpaired) electrons. The number of ketones is 2. The van der Waals surface area contributed by atoms with E-state index < -0.39 is 49.1 Å². The van der Waals surface area contributed by atoms with Gasteiger partial charge >= 0.3 is 13.6 Å². The summed E-state index contributed by atoms with van der Waals surface area (Å²) in [5, 5.41) is 3.80. The van der Waals surface area contributed by atoms with Gasteiger partial charge in [-0.3, -0.25) is 42.8 Å². The van der Waals surface area contributed by atoms with E-state index in [1.807, 2.05) is 25.1 Å². The van der Waals surface area contributed by atoms with Crippen molar-refractivity contribution >= 4 is 59.4 Å². The fourth-order valence-corrected chi connectivity index (χ4v) is 9.23. The van der Waals surface area contributed by atoms with Crippen molar-refractivity contribution < 1.29 is 47.1 Å². The number of esters is 1. The number of carbonyl (C=O) groups excluding carboxylic acids is 6. The second kappa shape index (κ2) is 19.2. The van der Waals surface area contributed by atoms with Crippen LogP contribution in [0.2, 0.25) is 0 Å². The standard InChI is InChI=1S/C46H63N4O10P/c1-27(2)28(3)34(17-18-40(47)53)49-42(54)37-23-31-12-10-11-30-14-15-32(43(55)50(37)41(30)31)24-38(51)36-22-33-21-29(13-16-35(33)48-36)25-61(57,59-20-19-39(52)45(4,5)6)60-26-58-44(56)46(7,8)9/h10-13,16,21-22,27-28,32,34,37,48H,14-15,17-20,23-26H2,1-9H3,(H2,47,53)(H,49,54)/t28-,32+,34-,37-,61?/m0/s1. The van der Waals surface area contributed by atoms with Gasteiger partial charge in [-0.25, -0.2) is 0 Å². The third kappa shape index (κ3) is 11.8. The van der Waals surface area contributed by atoms with Crippen LogP contribution in [-0.2, 0) is 61.3 Å². The maximum Gasteiger partial charge on any atom is 0.337 e. The van der Waals surface area contributed by atoms with Crippen LogP contribution in [0.4, 0.5) is 5.69 Å². The van der Waals surface area contributed by atoms with Gasteiger partial charge in [0, 0.05) is 54.0 Å². The predicted molar refractivity (Wildman–Crippen MR) is 233 cm³/mol. The fourth-order valence-electron chi connectivity index (χ4n) is 7.74. The number of aromatic nitrogens is 1. The maximum atomic E-state index is 14.5. The van der Waals surface area contributed by atoms with Gasteiger partial charge in [0.15, 0.2) is 5.78 Å². The lowest BCUT2D eigenvalue weighted by molar-refractivity contribution is -0.160. The van der Waals surface area contributed by atoms with E-state index in [4.69, 9.17) is 19.5 Å². The van der Waals surface area contributed by atoms with Gasteiger partial charge in [-0.2, -0.15) is 0 Å². The van der Waals surface area contributed by atoms with Crippen LogP contribution < -0.4 is 16.0 Å². The molecule has 0 bridgehead atoms. The predicted octanol–water partition coefficient (Wildman–Crippen LogP) is 7.58. The SMILES string of the molecule is CC(C)[C@H](C)[C@H](CCC(N)=O)NC(=O)[C@@H]1Cc2cccc3c2N1C(=O)[C@@H](CC(=O)c1cc2cc(CP(=O)(OCCC(=O)C(C)(C)C)OCOC(=O)C(C)(C)C)ccc2[nH]1)CC3. The van der Waals surface area contributed by atoms with Crippen LogP contribution in [0.5, 0.6) is 0 Å². The number of benzene rings is 2. The number of carbonyl (C=O) groups is 6. The van der Waals surface area contributed by atoms with Crippen molar-refractivity contribution in [1.29, 1.82) is 0 Å². The number of ether oxygens (including phenoxy) is 1. The molecule has 2 aliphatic heterocycles. The number of nitrogens with one attached hydrogen (secondary N) is 2. The number of fused-ring (bicyclic) bond motifs is 1. The minimum atomic E-state index is -3.95. The number of para-hydroxylation sites is 1. The number of nitrogens with two attached hydrogens (primary N) is 1. The topological polar surface area (TPSA) is 204 Å². The lowest BCUT2D eigenvalue weighted by Gasteiger charge is -2.32. The molecule has 1 aromatic heterocycles. The number of rotatable bonds is 19. The minimum absolute atomic E-state index is 0.0136. The highest BCUT2D eigenvalue weighted by Gasteiger charge is 2.45. The zero-order chi connectivity index (χ0) is 45.0. The van der Waals surface area contributed by atoms with Gasteiger partial charge < -0.3 is 25.3 Å². The Labute approximate surface area is 358 Å². The third-order valence-electron chi connectivity index (χ3n) is 11.8. The average molecular weight is 863 g/mol. The summed E-state index contributed by atoms with van der Waals surface area (Å²) in [4.78, 5) is 83.9. The Morgan fingerprint density at radius 1 is 0.951 bits per heavy atom. The first kappa shape index (κ1) is 47.4. The molecule has 0 saturated carbocycles. The zero-order valence-corrected chi connectivity index (χ0v) is 37.9. The van der Waals surface area contributed by atoms with Crippen LogP contribution in [0.1, 0.15) is 122 Å². The van der Waals surface area contributed by atoms with E-state index in [0.717, 1.165) is 16.8 Å². The largest absolute Gasteiger partial charge is 0.438 e. The molecule has 5 rings (SSSR count). The van der Waals surface area contributed by atoms with E-state index in [9.17, 15) is 33.3 Å². The molecule has 1 unspecified atom stereocenters. The number of hydrogen-bond donors (Lipinski definition) is 3. The van der Waals surface area contributed by atoms with Crippen LogP contribution in [0, 0.1) is 28.6 Å². The normalized spacial score (nSPS) is 18.6. The molecule has 332 valence electrons. The van der Waals surface area contributed by atoms with Crippen molar-refractivity contribution in [1.82, 2.24) is 10.3 Å². The molecule has 0 fully saturated rings. The highest BCUT2D eigenvalue weighted by atomic mass is 31.2. The number of anilines is 1. The van der Waals surface area contributed by atoms with Gasteiger partial charge in [0.05, 0.1) is 29.6 Å². The molecular weight excluding hydrogens is 799 g/mol.